The Labute approximate surface area is 135 Å². The van der Waals surface area contributed by atoms with Crippen molar-refractivity contribution in [2.24, 2.45) is 0 Å². The van der Waals surface area contributed by atoms with Crippen LogP contribution >= 0.6 is 11.3 Å². The minimum atomic E-state index is -0.143. The molecule has 0 aliphatic rings. The van der Waals surface area contributed by atoms with Gasteiger partial charge < -0.3 is 0 Å². The summed E-state index contributed by atoms with van der Waals surface area (Å²) in [6.45, 7) is 6.10. The van der Waals surface area contributed by atoms with Gasteiger partial charge in [0.05, 0.1) is 0 Å². The molecule has 0 saturated heterocycles. The van der Waals surface area contributed by atoms with Crippen molar-refractivity contribution >= 4 is 11.3 Å². The van der Waals surface area contributed by atoms with Gasteiger partial charge in [0, 0.05) is 16.2 Å². The van der Waals surface area contributed by atoms with Gasteiger partial charge in [-0.1, -0.05) is 29.8 Å². The topological polar surface area (TPSA) is 0 Å². The van der Waals surface area contributed by atoms with Gasteiger partial charge >= 0.3 is 0 Å². The van der Waals surface area contributed by atoms with Gasteiger partial charge in [-0.05, 0) is 67.3 Å². The molecule has 2 heteroatoms. The van der Waals surface area contributed by atoms with E-state index >= 15 is 0 Å². The summed E-state index contributed by atoms with van der Waals surface area (Å²) in [6.07, 6.45) is 0.957. The maximum atomic E-state index is 13.4. The predicted octanol–water partition coefficient (Wildman–Crippen LogP) is 6.07. The Morgan fingerprint density at radius 2 is 1.68 bits per heavy atom. The summed E-state index contributed by atoms with van der Waals surface area (Å²) in [6, 6.07) is 16.2. The zero-order valence-corrected chi connectivity index (χ0v) is 13.9. The van der Waals surface area contributed by atoms with Crippen molar-refractivity contribution in [3.05, 3.63) is 81.5 Å². The van der Waals surface area contributed by atoms with Gasteiger partial charge in [-0.25, -0.2) is 4.39 Å². The summed E-state index contributed by atoms with van der Waals surface area (Å²) in [5.41, 5.74) is 5.80. The summed E-state index contributed by atoms with van der Waals surface area (Å²) in [5.74, 6) is -0.143. The van der Waals surface area contributed by atoms with Gasteiger partial charge in [0.15, 0.2) is 0 Å². The van der Waals surface area contributed by atoms with Gasteiger partial charge in [0.1, 0.15) is 5.82 Å². The maximum absolute atomic E-state index is 13.4. The first kappa shape index (κ1) is 15.0. The lowest BCUT2D eigenvalue weighted by molar-refractivity contribution is 0.619. The highest BCUT2D eigenvalue weighted by Gasteiger charge is 2.07. The summed E-state index contributed by atoms with van der Waals surface area (Å²) in [4.78, 5) is 2.54. The smallest absolute Gasteiger partial charge is 0.126 e. The Balaban J connectivity index is 1.87. The molecule has 0 aliphatic carbocycles. The van der Waals surface area contributed by atoms with E-state index in [4.69, 9.17) is 0 Å². The molecule has 22 heavy (non-hydrogen) atoms. The number of halogens is 1. The second kappa shape index (κ2) is 6.05. The van der Waals surface area contributed by atoms with Crippen molar-refractivity contribution < 1.29 is 4.39 Å². The van der Waals surface area contributed by atoms with Crippen LogP contribution in [-0.2, 0) is 6.42 Å². The molecule has 1 heterocycles. The van der Waals surface area contributed by atoms with E-state index in [0.29, 0.717) is 5.56 Å². The number of rotatable bonds is 3. The molecule has 0 spiro atoms. The average Bonchev–Trinajstić information content (AvgIpc) is 2.94. The number of thiophene rings is 1. The molecule has 0 amide bonds. The predicted molar refractivity (Wildman–Crippen MR) is 93.2 cm³/mol. The fourth-order valence-corrected chi connectivity index (χ4v) is 3.63. The fourth-order valence-electron chi connectivity index (χ4n) is 2.60. The number of benzene rings is 2. The molecule has 0 N–H and O–H groups in total. The van der Waals surface area contributed by atoms with Crippen LogP contribution in [0.25, 0.3) is 10.4 Å². The van der Waals surface area contributed by atoms with E-state index < -0.39 is 0 Å². The lowest BCUT2D eigenvalue weighted by atomic mass is 10.0. The van der Waals surface area contributed by atoms with Gasteiger partial charge in [0.25, 0.3) is 0 Å². The van der Waals surface area contributed by atoms with E-state index in [1.54, 1.807) is 17.4 Å². The van der Waals surface area contributed by atoms with E-state index in [-0.39, 0.29) is 5.82 Å². The summed E-state index contributed by atoms with van der Waals surface area (Å²) in [7, 11) is 0. The first-order valence-electron chi connectivity index (χ1n) is 7.44. The highest BCUT2D eigenvalue weighted by molar-refractivity contribution is 7.15. The molecule has 0 unspecified atom stereocenters. The molecule has 0 radical (unpaired) electrons. The Hall–Kier alpha value is -1.93. The third-order valence-corrected chi connectivity index (χ3v) is 5.11. The number of hydrogen-bond donors (Lipinski definition) is 0. The molecule has 3 aromatic rings. The van der Waals surface area contributed by atoms with Crippen LogP contribution in [-0.4, -0.2) is 0 Å². The molecular weight excluding hydrogens is 291 g/mol. The van der Waals surface area contributed by atoms with Crippen molar-refractivity contribution in [3.8, 4) is 10.4 Å². The van der Waals surface area contributed by atoms with Crippen molar-refractivity contribution in [1.82, 2.24) is 0 Å². The van der Waals surface area contributed by atoms with Gasteiger partial charge in [0.2, 0.25) is 0 Å². The van der Waals surface area contributed by atoms with Crippen molar-refractivity contribution in [3.63, 3.8) is 0 Å². The summed E-state index contributed by atoms with van der Waals surface area (Å²) >= 11 is 1.79. The highest BCUT2D eigenvalue weighted by Crippen LogP contribution is 2.31. The van der Waals surface area contributed by atoms with Crippen LogP contribution in [0.4, 0.5) is 4.39 Å². The van der Waals surface area contributed by atoms with Crippen LogP contribution in [0.3, 0.4) is 0 Å². The molecular formula is C20H19FS. The standard InChI is InChI=1S/C20H19FS/c1-13-4-5-14(2)17(10-13)12-18-7-9-20(22-18)16-6-8-19(21)15(3)11-16/h4-11H,12H2,1-3H3. The van der Waals surface area contributed by atoms with Crippen LogP contribution in [0.15, 0.2) is 48.5 Å². The van der Waals surface area contributed by atoms with Crippen LogP contribution in [0.5, 0.6) is 0 Å². The molecule has 0 aliphatic heterocycles. The molecule has 0 bridgehead atoms. The van der Waals surface area contributed by atoms with Crippen LogP contribution in [0, 0.1) is 26.6 Å². The number of hydrogen-bond acceptors (Lipinski definition) is 1. The molecule has 3 rings (SSSR count). The summed E-state index contributed by atoms with van der Waals surface area (Å²) in [5, 5.41) is 0. The van der Waals surface area contributed by atoms with E-state index in [1.807, 2.05) is 19.1 Å². The summed E-state index contributed by atoms with van der Waals surface area (Å²) < 4.78 is 13.4. The van der Waals surface area contributed by atoms with E-state index in [0.717, 1.165) is 12.0 Å². The SMILES string of the molecule is Cc1ccc(C)c(Cc2ccc(-c3ccc(F)c(C)c3)s2)c1. The number of aryl methyl sites for hydroxylation is 3. The monoisotopic (exact) mass is 310 g/mol. The van der Waals surface area contributed by atoms with Crippen molar-refractivity contribution in [1.29, 1.82) is 0 Å². The normalized spacial score (nSPS) is 10.9. The lowest BCUT2D eigenvalue weighted by Gasteiger charge is -2.05. The first-order valence-corrected chi connectivity index (χ1v) is 8.26. The molecule has 0 atom stereocenters. The third kappa shape index (κ3) is 3.12. The lowest BCUT2D eigenvalue weighted by Crippen LogP contribution is -1.90. The molecule has 112 valence electrons. The molecule has 0 nitrogen and oxygen atoms in total. The maximum Gasteiger partial charge on any atom is 0.126 e. The van der Waals surface area contributed by atoms with Crippen LogP contribution in [0.1, 0.15) is 27.1 Å². The molecule has 0 fully saturated rings. The highest BCUT2D eigenvalue weighted by atomic mass is 32.1. The minimum Gasteiger partial charge on any atom is -0.207 e. The third-order valence-electron chi connectivity index (χ3n) is 3.97. The Kier molecular flexibility index (Phi) is 4.12. The Bertz CT molecular complexity index is 814. The molecule has 1 aromatic heterocycles. The van der Waals surface area contributed by atoms with Crippen molar-refractivity contribution in [2.45, 2.75) is 27.2 Å². The second-order valence-electron chi connectivity index (χ2n) is 5.84. The Morgan fingerprint density at radius 1 is 0.864 bits per heavy atom. The fraction of sp³-hybridized carbons (Fsp3) is 0.200. The Morgan fingerprint density at radius 3 is 2.45 bits per heavy atom. The van der Waals surface area contributed by atoms with Gasteiger partial charge in [-0.3, -0.25) is 0 Å². The quantitative estimate of drug-likeness (QED) is 0.550. The minimum absolute atomic E-state index is 0.143. The molecule has 0 saturated carbocycles. The van der Waals surface area contributed by atoms with Gasteiger partial charge in [-0.2, -0.15) is 0 Å². The zero-order valence-electron chi connectivity index (χ0n) is 13.1. The largest absolute Gasteiger partial charge is 0.207 e. The van der Waals surface area contributed by atoms with Crippen LogP contribution in [0.2, 0.25) is 0 Å². The van der Waals surface area contributed by atoms with E-state index in [1.165, 1.54) is 26.4 Å². The van der Waals surface area contributed by atoms with Gasteiger partial charge in [-0.15, -0.1) is 11.3 Å². The average molecular weight is 310 g/mol. The van der Waals surface area contributed by atoms with Crippen LogP contribution < -0.4 is 0 Å². The van der Waals surface area contributed by atoms with Crippen molar-refractivity contribution in [2.75, 3.05) is 0 Å². The zero-order chi connectivity index (χ0) is 15.7. The van der Waals surface area contributed by atoms with E-state index in [9.17, 15) is 4.39 Å². The second-order valence-corrected chi connectivity index (χ2v) is 7.00. The van der Waals surface area contributed by atoms with E-state index in [2.05, 4.69) is 44.2 Å². The first-order chi connectivity index (χ1) is 10.5. The molecule has 2 aromatic carbocycles.